The molecule has 18 heavy (non-hydrogen) atoms. The molecule has 88 valence electrons. The summed E-state index contributed by atoms with van der Waals surface area (Å²) in [6, 6.07) is 6.00. The highest BCUT2D eigenvalue weighted by Gasteiger charge is 2.03. The van der Waals surface area contributed by atoms with Crippen LogP contribution >= 0.6 is 22.7 Å². The third-order valence-corrected chi connectivity index (χ3v) is 4.28. The molecule has 3 nitrogen and oxygen atoms in total. The largest absolute Gasteiger partial charge is 0.245 e. The van der Waals surface area contributed by atoms with E-state index in [9.17, 15) is 0 Å². The lowest BCUT2D eigenvalue weighted by Gasteiger charge is -1.88. The van der Waals surface area contributed by atoms with Crippen molar-refractivity contribution in [2.75, 3.05) is 0 Å². The third-order valence-electron chi connectivity index (χ3n) is 2.28. The van der Waals surface area contributed by atoms with Crippen LogP contribution < -0.4 is 0 Å². The topological polar surface area (TPSA) is 38.7 Å². The second-order valence-electron chi connectivity index (χ2n) is 3.51. The molecule has 0 aliphatic rings. The summed E-state index contributed by atoms with van der Waals surface area (Å²) < 4.78 is 0. The SMILES string of the molecule is C(=Cc1cnc(-c2cccs2)s1)c1ccncn1. The Balaban J connectivity index is 1.80. The van der Waals surface area contributed by atoms with Crippen molar-refractivity contribution >= 4 is 34.8 Å². The Morgan fingerprint density at radius 2 is 2.11 bits per heavy atom. The van der Waals surface area contributed by atoms with Crippen LogP contribution in [-0.4, -0.2) is 15.0 Å². The van der Waals surface area contributed by atoms with Gasteiger partial charge in [0.1, 0.15) is 11.3 Å². The molecule has 3 aromatic rings. The second-order valence-corrected chi connectivity index (χ2v) is 5.52. The zero-order chi connectivity index (χ0) is 12.2. The van der Waals surface area contributed by atoms with Gasteiger partial charge in [-0.25, -0.2) is 15.0 Å². The van der Waals surface area contributed by atoms with E-state index < -0.39 is 0 Å². The Morgan fingerprint density at radius 1 is 1.11 bits per heavy atom. The summed E-state index contributed by atoms with van der Waals surface area (Å²) in [7, 11) is 0. The minimum absolute atomic E-state index is 0.899. The van der Waals surface area contributed by atoms with Crippen molar-refractivity contribution in [2.45, 2.75) is 0 Å². The second kappa shape index (κ2) is 5.20. The molecule has 0 aromatic carbocycles. The molecule has 0 saturated heterocycles. The normalized spacial score (nSPS) is 11.1. The minimum atomic E-state index is 0.899. The Bertz CT molecular complexity index is 642. The summed E-state index contributed by atoms with van der Waals surface area (Å²) in [6.45, 7) is 0. The molecule has 0 aliphatic heterocycles. The lowest BCUT2D eigenvalue weighted by molar-refractivity contribution is 1.15. The van der Waals surface area contributed by atoms with Gasteiger partial charge in [0, 0.05) is 17.3 Å². The van der Waals surface area contributed by atoms with Crippen LogP contribution in [0.3, 0.4) is 0 Å². The number of aromatic nitrogens is 3. The van der Waals surface area contributed by atoms with Gasteiger partial charge in [0.05, 0.1) is 10.6 Å². The van der Waals surface area contributed by atoms with Gasteiger partial charge in [-0.1, -0.05) is 6.07 Å². The number of hydrogen-bond donors (Lipinski definition) is 0. The van der Waals surface area contributed by atoms with Crippen LogP contribution in [0.25, 0.3) is 22.0 Å². The summed E-state index contributed by atoms with van der Waals surface area (Å²) >= 11 is 3.39. The van der Waals surface area contributed by atoms with Crippen LogP contribution in [0.4, 0.5) is 0 Å². The van der Waals surface area contributed by atoms with E-state index in [0.29, 0.717) is 0 Å². The molecule has 0 aliphatic carbocycles. The number of thiophene rings is 1. The van der Waals surface area contributed by atoms with Crippen LogP contribution in [0, 0.1) is 0 Å². The molecule has 3 rings (SSSR count). The van der Waals surface area contributed by atoms with Crippen LogP contribution in [0.5, 0.6) is 0 Å². The molecular formula is C13H9N3S2. The van der Waals surface area contributed by atoms with E-state index in [1.54, 1.807) is 35.2 Å². The van der Waals surface area contributed by atoms with Crippen molar-refractivity contribution in [1.82, 2.24) is 15.0 Å². The molecule has 0 N–H and O–H groups in total. The fraction of sp³-hybridized carbons (Fsp3) is 0. The summed E-state index contributed by atoms with van der Waals surface area (Å²) in [6.07, 6.45) is 9.15. The molecule has 0 bridgehead atoms. The van der Waals surface area contributed by atoms with E-state index in [1.807, 2.05) is 30.5 Å². The Kier molecular flexibility index (Phi) is 3.25. The molecule has 0 amide bonds. The summed E-state index contributed by atoms with van der Waals surface area (Å²) in [5.74, 6) is 0. The average molecular weight is 271 g/mol. The van der Waals surface area contributed by atoms with Crippen molar-refractivity contribution in [3.63, 3.8) is 0 Å². The molecular weight excluding hydrogens is 262 g/mol. The number of thiazole rings is 1. The first-order valence-corrected chi connectivity index (χ1v) is 7.05. The summed E-state index contributed by atoms with van der Waals surface area (Å²) in [4.78, 5) is 14.8. The molecule has 0 radical (unpaired) electrons. The molecule has 3 heterocycles. The lowest BCUT2D eigenvalue weighted by atomic mass is 10.3. The maximum atomic E-state index is 4.42. The first-order valence-electron chi connectivity index (χ1n) is 5.35. The smallest absolute Gasteiger partial charge is 0.133 e. The van der Waals surface area contributed by atoms with Gasteiger partial charge in [0.2, 0.25) is 0 Å². The van der Waals surface area contributed by atoms with Gasteiger partial charge in [0.15, 0.2) is 0 Å². The van der Waals surface area contributed by atoms with Gasteiger partial charge in [-0.15, -0.1) is 22.7 Å². The average Bonchev–Trinajstić information content (AvgIpc) is 3.08. The highest BCUT2D eigenvalue weighted by Crippen LogP contribution is 2.29. The van der Waals surface area contributed by atoms with Gasteiger partial charge in [0.25, 0.3) is 0 Å². The first-order chi connectivity index (χ1) is 8.92. The molecule has 0 saturated carbocycles. The Labute approximate surface area is 113 Å². The molecule has 0 fully saturated rings. The fourth-order valence-corrected chi connectivity index (χ4v) is 3.07. The fourth-order valence-electron chi connectivity index (χ4n) is 1.44. The maximum absolute atomic E-state index is 4.42. The van der Waals surface area contributed by atoms with Crippen LogP contribution in [0.1, 0.15) is 10.6 Å². The van der Waals surface area contributed by atoms with E-state index in [4.69, 9.17) is 0 Å². The summed E-state index contributed by atoms with van der Waals surface area (Å²) in [5.41, 5.74) is 0.899. The van der Waals surface area contributed by atoms with Gasteiger partial charge in [-0.3, -0.25) is 0 Å². The first kappa shape index (κ1) is 11.3. The quantitative estimate of drug-likeness (QED) is 0.726. The van der Waals surface area contributed by atoms with Gasteiger partial charge in [-0.05, 0) is 29.7 Å². The third kappa shape index (κ3) is 2.52. The molecule has 0 spiro atoms. The molecule has 5 heteroatoms. The van der Waals surface area contributed by atoms with E-state index in [2.05, 4.69) is 26.4 Å². The monoisotopic (exact) mass is 271 g/mol. The number of rotatable bonds is 3. The zero-order valence-corrected chi connectivity index (χ0v) is 11.0. The van der Waals surface area contributed by atoms with Crippen molar-refractivity contribution in [1.29, 1.82) is 0 Å². The standard InChI is InChI=1S/C13H9N3S2/c1-2-12(17-7-1)13-15-8-11(18-13)4-3-10-5-6-14-9-16-10/h1-9H. The van der Waals surface area contributed by atoms with E-state index >= 15 is 0 Å². The summed E-state index contributed by atoms with van der Waals surface area (Å²) in [5, 5.41) is 3.12. The van der Waals surface area contributed by atoms with Crippen LogP contribution in [-0.2, 0) is 0 Å². The minimum Gasteiger partial charge on any atom is -0.245 e. The van der Waals surface area contributed by atoms with E-state index in [-0.39, 0.29) is 0 Å². The number of nitrogens with zero attached hydrogens (tertiary/aromatic N) is 3. The number of hydrogen-bond acceptors (Lipinski definition) is 5. The van der Waals surface area contributed by atoms with Crippen molar-refractivity contribution in [3.05, 3.63) is 52.9 Å². The predicted octanol–water partition coefficient (Wildman–Crippen LogP) is 3.83. The van der Waals surface area contributed by atoms with Crippen molar-refractivity contribution in [2.24, 2.45) is 0 Å². The van der Waals surface area contributed by atoms with Gasteiger partial charge < -0.3 is 0 Å². The molecule has 0 unspecified atom stereocenters. The zero-order valence-electron chi connectivity index (χ0n) is 9.35. The molecule has 3 aromatic heterocycles. The highest BCUT2D eigenvalue weighted by molar-refractivity contribution is 7.21. The van der Waals surface area contributed by atoms with Crippen LogP contribution in [0.15, 0.2) is 42.3 Å². The van der Waals surface area contributed by atoms with Gasteiger partial charge >= 0.3 is 0 Å². The van der Waals surface area contributed by atoms with Crippen LogP contribution in [0.2, 0.25) is 0 Å². The lowest BCUT2D eigenvalue weighted by Crippen LogP contribution is -1.79. The molecule has 0 atom stereocenters. The predicted molar refractivity (Wildman–Crippen MR) is 76.4 cm³/mol. The van der Waals surface area contributed by atoms with Crippen molar-refractivity contribution in [3.8, 4) is 9.88 Å². The van der Waals surface area contributed by atoms with Gasteiger partial charge in [-0.2, -0.15) is 0 Å². The van der Waals surface area contributed by atoms with Crippen molar-refractivity contribution < 1.29 is 0 Å². The Morgan fingerprint density at radius 3 is 2.89 bits per heavy atom. The maximum Gasteiger partial charge on any atom is 0.133 e. The van der Waals surface area contributed by atoms with E-state index in [1.165, 1.54) is 4.88 Å². The van der Waals surface area contributed by atoms with E-state index in [0.717, 1.165) is 15.6 Å². The Hall–Kier alpha value is -1.85. The highest BCUT2D eigenvalue weighted by atomic mass is 32.1.